The SMILES string of the molecule is OC1CN(Cc2noc(-c3ccccc3)n2)C1. The second-order valence-electron chi connectivity index (χ2n) is 4.23. The Balaban J connectivity index is 1.70. The highest BCUT2D eigenvalue weighted by Gasteiger charge is 2.25. The average molecular weight is 231 g/mol. The standard InChI is InChI=1S/C12H13N3O2/c16-10-6-15(7-10)8-11-13-12(17-14-11)9-4-2-1-3-5-9/h1-5,10,16H,6-8H2. The Morgan fingerprint density at radius 1 is 1.29 bits per heavy atom. The van der Waals surface area contributed by atoms with Gasteiger partial charge in [-0.25, -0.2) is 0 Å². The lowest BCUT2D eigenvalue weighted by molar-refractivity contribution is -0.00461. The maximum Gasteiger partial charge on any atom is 0.257 e. The molecule has 5 heteroatoms. The van der Waals surface area contributed by atoms with Crippen LogP contribution >= 0.6 is 0 Å². The van der Waals surface area contributed by atoms with Crippen LogP contribution in [-0.4, -0.2) is 39.3 Å². The molecule has 1 saturated heterocycles. The summed E-state index contributed by atoms with van der Waals surface area (Å²) in [5.41, 5.74) is 0.926. The third-order valence-electron chi connectivity index (χ3n) is 2.79. The first-order valence-electron chi connectivity index (χ1n) is 5.60. The van der Waals surface area contributed by atoms with Crippen molar-refractivity contribution in [3.63, 3.8) is 0 Å². The zero-order valence-corrected chi connectivity index (χ0v) is 9.28. The van der Waals surface area contributed by atoms with Crippen molar-refractivity contribution in [2.45, 2.75) is 12.6 Å². The summed E-state index contributed by atoms with van der Waals surface area (Å²) in [6.45, 7) is 2.01. The van der Waals surface area contributed by atoms with Gasteiger partial charge in [0, 0.05) is 18.7 Å². The number of aliphatic hydroxyl groups is 1. The number of benzene rings is 1. The van der Waals surface area contributed by atoms with Crippen molar-refractivity contribution < 1.29 is 9.63 Å². The van der Waals surface area contributed by atoms with Gasteiger partial charge in [-0.2, -0.15) is 4.98 Å². The van der Waals surface area contributed by atoms with Gasteiger partial charge in [-0.15, -0.1) is 0 Å². The van der Waals surface area contributed by atoms with Gasteiger partial charge in [-0.1, -0.05) is 23.4 Å². The van der Waals surface area contributed by atoms with Crippen LogP contribution in [0.2, 0.25) is 0 Å². The van der Waals surface area contributed by atoms with E-state index in [0.717, 1.165) is 5.56 Å². The Bertz CT molecular complexity index is 491. The van der Waals surface area contributed by atoms with Crippen LogP contribution in [0.5, 0.6) is 0 Å². The van der Waals surface area contributed by atoms with E-state index < -0.39 is 0 Å². The molecule has 1 aromatic carbocycles. The maximum atomic E-state index is 9.17. The quantitative estimate of drug-likeness (QED) is 0.850. The fourth-order valence-corrected chi connectivity index (χ4v) is 1.89. The number of aromatic nitrogens is 2. The number of hydrogen-bond donors (Lipinski definition) is 1. The molecule has 1 fully saturated rings. The fraction of sp³-hybridized carbons (Fsp3) is 0.333. The minimum atomic E-state index is -0.199. The molecule has 3 rings (SSSR count). The second kappa shape index (κ2) is 4.27. The van der Waals surface area contributed by atoms with Gasteiger partial charge < -0.3 is 9.63 Å². The van der Waals surface area contributed by atoms with Gasteiger partial charge in [-0.3, -0.25) is 4.90 Å². The Morgan fingerprint density at radius 2 is 2.06 bits per heavy atom. The monoisotopic (exact) mass is 231 g/mol. The molecule has 0 bridgehead atoms. The molecular weight excluding hydrogens is 218 g/mol. The predicted molar refractivity (Wildman–Crippen MR) is 61.0 cm³/mol. The minimum absolute atomic E-state index is 0.199. The van der Waals surface area contributed by atoms with E-state index in [2.05, 4.69) is 15.0 Å². The largest absolute Gasteiger partial charge is 0.390 e. The van der Waals surface area contributed by atoms with Gasteiger partial charge >= 0.3 is 0 Å². The molecule has 5 nitrogen and oxygen atoms in total. The maximum absolute atomic E-state index is 9.17. The van der Waals surface area contributed by atoms with Gasteiger partial charge in [0.05, 0.1) is 12.6 Å². The van der Waals surface area contributed by atoms with E-state index in [9.17, 15) is 5.11 Å². The smallest absolute Gasteiger partial charge is 0.257 e. The molecule has 2 heterocycles. The molecule has 1 aromatic heterocycles. The van der Waals surface area contributed by atoms with Gasteiger partial charge in [0.25, 0.3) is 5.89 Å². The molecule has 1 aliphatic heterocycles. The van der Waals surface area contributed by atoms with Crippen molar-refractivity contribution in [3.8, 4) is 11.5 Å². The van der Waals surface area contributed by atoms with Gasteiger partial charge in [-0.05, 0) is 12.1 Å². The van der Waals surface area contributed by atoms with Crippen molar-refractivity contribution in [3.05, 3.63) is 36.2 Å². The number of hydrogen-bond acceptors (Lipinski definition) is 5. The number of likely N-dealkylation sites (tertiary alicyclic amines) is 1. The molecule has 0 unspecified atom stereocenters. The molecule has 2 aromatic rings. The summed E-state index contributed by atoms with van der Waals surface area (Å²) in [7, 11) is 0. The van der Waals surface area contributed by atoms with Crippen LogP contribution in [0, 0.1) is 0 Å². The van der Waals surface area contributed by atoms with E-state index in [0.29, 0.717) is 31.3 Å². The molecule has 0 amide bonds. The van der Waals surface area contributed by atoms with E-state index in [4.69, 9.17) is 4.52 Å². The summed E-state index contributed by atoms with van der Waals surface area (Å²) in [6, 6.07) is 9.69. The highest BCUT2D eigenvalue weighted by molar-refractivity contribution is 5.51. The Morgan fingerprint density at radius 3 is 2.76 bits per heavy atom. The van der Waals surface area contributed by atoms with Crippen molar-refractivity contribution in [2.75, 3.05) is 13.1 Å². The van der Waals surface area contributed by atoms with Crippen LogP contribution in [0.25, 0.3) is 11.5 Å². The van der Waals surface area contributed by atoms with E-state index in [-0.39, 0.29) is 6.10 Å². The topological polar surface area (TPSA) is 62.4 Å². The Labute approximate surface area is 98.7 Å². The normalized spacial score (nSPS) is 17.0. The van der Waals surface area contributed by atoms with Gasteiger partial charge in [0.1, 0.15) is 0 Å². The predicted octanol–water partition coefficient (Wildman–Crippen LogP) is 0.913. The first-order valence-corrected chi connectivity index (χ1v) is 5.60. The molecule has 0 spiro atoms. The van der Waals surface area contributed by atoms with E-state index in [1.807, 2.05) is 30.3 Å². The fourth-order valence-electron chi connectivity index (χ4n) is 1.89. The Kier molecular flexibility index (Phi) is 2.62. The average Bonchev–Trinajstić information content (AvgIpc) is 2.77. The summed E-state index contributed by atoms with van der Waals surface area (Å²) in [6.07, 6.45) is -0.199. The lowest BCUT2D eigenvalue weighted by Crippen LogP contribution is -2.49. The molecule has 1 aliphatic rings. The molecule has 0 saturated carbocycles. The highest BCUT2D eigenvalue weighted by atomic mass is 16.5. The van der Waals surface area contributed by atoms with Crippen molar-refractivity contribution in [2.24, 2.45) is 0 Å². The summed E-state index contributed by atoms with van der Waals surface area (Å²) < 4.78 is 5.20. The molecule has 88 valence electrons. The van der Waals surface area contributed by atoms with E-state index >= 15 is 0 Å². The van der Waals surface area contributed by atoms with E-state index in [1.165, 1.54) is 0 Å². The van der Waals surface area contributed by atoms with Crippen molar-refractivity contribution in [1.82, 2.24) is 15.0 Å². The van der Waals surface area contributed by atoms with Crippen LogP contribution in [0.3, 0.4) is 0 Å². The highest BCUT2D eigenvalue weighted by Crippen LogP contribution is 2.17. The number of rotatable bonds is 3. The van der Waals surface area contributed by atoms with Crippen LogP contribution in [-0.2, 0) is 6.54 Å². The van der Waals surface area contributed by atoms with Crippen molar-refractivity contribution >= 4 is 0 Å². The lowest BCUT2D eigenvalue weighted by Gasteiger charge is -2.34. The summed E-state index contributed by atoms with van der Waals surface area (Å²) in [5.74, 6) is 1.21. The molecule has 0 aliphatic carbocycles. The number of nitrogens with zero attached hydrogens (tertiary/aromatic N) is 3. The molecule has 0 atom stereocenters. The zero-order chi connectivity index (χ0) is 11.7. The second-order valence-corrected chi connectivity index (χ2v) is 4.23. The van der Waals surface area contributed by atoms with Crippen LogP contribution < -0.4 is 0 Å². The first-order chi connectivity index (χ1) is 8.31. The van der Waals surface area contributed by atoms with Crippen LogP contribution in [0.1, 0.15) is 5.82 Å². The zero-order valence-electron chi connectivity index (χ0n) is 9.28. The third-order valence-corrected chi connectivity index (χ3v) is 2.79. The molecular formula is C12H13N3O2. The van der Waals surface area contributed by atoms with Crippen LogP contribution in [0.4, 0.5) is 0 Å². The molecule has 0 radical (unpaired) electrons. The van der Waals surface area contributed by atoms with Gasteiger partial charge in [0.15, 0.2) is 5.82 Å². The molecule has 1 N–H and O–H groups in total. The number of aliphatic hydroxyl groups excluding tert-OH is 1. The first kappa shape index (κ1) is 10.4. The molecule has 17 heavy (non-hydrogen) atoms. The van der Waals surface area contributed by atoms with E-state index in [1.54, 1.807) is 0 Å². The lowest BCUT2D eigenvalue weighted by atomic mass is 10.2. The van der Waals surface area contributed by atoms with Crippen LogP contribution in [0.15, 0.2) is 34.9 Å². The minimum Gasteiger partial charge on any atom is -0.390 e. The summed E-state index contributed by atoms with van der Waals surface area (Å²) >= 11 is 0. The number of β-amino-alcohol motifs (C(OH)–C–C–N with tert-alkyl or cyclic N) is 1. The summed E-state index contributed by atoms with van der Waals surface area (Å²) in [5, 5.41) is 13.1. The summed E-state index contributed by atoms with van der Waals surface area (Å²) in [4.78, 5) is 6.40. The van der Waals surface area contributed by atoms with Crippen molar-refractivity contribution in [1.29, 1.82) is 0 Å². The van der Waals surface area contributed by atoms with Gasteiger partial charge in [0.2, 0.25) is 0 Å². The Hall–Kier alpha value is -1.72. The third kappa shape index (κ3) is 2.20.